The molecule has 0 spiro atoms. The summed E-state index contributed by atoms with van der Waals surface area (Å²) < 4.78 is 1.74. The maximum Gasteiger partial charge on any atom is 0.334 e. The Kier molecular flexibility index (Phi) is 8.09. The third kappa shape index (κ3) is 6.15. The van der Waals surface area contributed by atoms with Gasteiger partial charge in [-0.1, -0.05) is 84.1 Å². The van der Waals surface area contributed by atoms with Gasteiger partial charge in [0.25, 0.3) is 0 Å². The molecule has 0 saturated carbocycles. The van der Waals surface area contributed by atoms with Crippen LogP contribution in [0, 0.1) is 0 Å². The lowest BCUT2D eigenvalue weighted by molar-refractivity contribution is -0.183. The summed E-state index contributed by atoms with van der Waals surface area (Å²) in [4.78, 5) is 48.6. The average molecular weight is 616 g/mol. The molecule has 46 heavy (non-hydrogen) atoms. The van der Waals surface area contributed by atoms with E-state index in [2.05, 4.69) is 20.6 Å². The molecule has 3 aromatic carbocycles. The smallest absolute Gasteiger partial charge is 0.333 e. The van der Waals surface area contributed by atoms with Crippen LogP contribution in [0.25, 0.3) is 10.9 Å². The van der Waals surface area contributed by atoms with Crippen LogP contribution in [0.3, 0.4) is 0 Å². The Bertz CT molecular complexity index is 1860. The second kappa shape index (κ2) is 12.8. The van der Waals surface area contributed by atoms with Gasteiger partial charge in [-0.05, 0) is 28.8 Å². The van der Waals surface area contributed by atoms with E-state index in [4.69, 9.17) is 0 Å². The summed E-state index contributed by atoms with van der Waals surface area (Å²) in [6, 6.07) is 28.9. The van der Waals surface area contributed by atoms with Gasteiger partial charge in [0.1, 0.15) is 12.7 Å². The zero-order chi connectivity index (χ0) is 31.5. The molecule has 0 radical (unpaired) electrons. The van der Waals surface area contributed by atoms with E-state index in [0.29, 0.717) is 25.3 Å². The lowest BCUT2D eigenvalue weighted by Gasteiger charge is -2.52. The number of fused-ring (bicyclic) bond motifs is 2. The van der Waals surface area contributed by atoms with Crippen LogP contribution in [-0.2, 0) is 35.8 Å². The number of amides is 4. The van der Waals surface area contributed by atoms with Crippen molar-refractivity contribution in [2.45, 2.75) is 32.3 Å². The van der Waals surface area contributed by atoms with E-state index in [1.54, 1.807) is 25.8 Å². The molecule has 4 amide bonds. The first-order valence-electron chi connectivity index (χ1n) is 15.2. The number of rotatable bonds is 8. The molecule has 2 aliphatic heterocycles. The first-order valence-corrected chi connectivity index (χ1v) is 15.2. The topological polar surface area (TPSA) is 120 Å². The highest BCUT2D eigenvalue weighted by Crippen LogP contribution is 2.26. The number of pyridine rings is 1. The van der Waals surface area contributed by atoms with Crippen molar-refractivity contribution >= 4 is 28.7 Å². The van der Waals surface area contributed by atoms with Crippen molar-refractivity contribution in [2.75, 3.05) is 19.6 Å². The summed E-state index contributed by atoms with van der Waals surface area (Å²) in [7, 11) is 0. The fourth-order valence-electron chi connectivity index (χ4n) is 6.08. The zero-order valence-electron chi connectivity index (χ0n) is 25.1. The van der Waals surface area contributed by atoms with E-state index in [-0.39, 0.29) is 44.0 Å². The van der Waals surface area contributed by atoms with Gasteiger partial charge in [0.05, 0.1) is 43.6 Å². The van der Waals surface area contributed by atoms with Crippen LogP contribution in [0.5, 0.6) is 0 Å². The number of hydrogen-bond acceptors (Lipinski definition) is 7. The molecule has 2 fully saturated rings. The maximum atomic E-state index is 14.0. The first kappa shape index (κ1) is 29.1. The van der Waals surface area contributed by atoms with Crippen LogP contribution in [-0.4, -0.2) is 83.4 Å². The van der Waals surface area contributed by atoms with Crippen molar-refractivity contribution in [3.8, 4) is 0 Å². The molecule has 2 aliphatic rings. The van der Waals surface area contributed by atoms with Gasteiger partial charge in [0, 0.05) is 24.7 Å². The summed E-state index contributed by atoms with van der Waals surface area (Å²) in [6.45, 7) is 1.32. The van der Waals surface area contributed by atoms with Crippen molar-refractivity contribution in [3.63, 3.8) is 0 Å². The number of carbonyl (C=O) groups excluding carboxylic acids is 3. The summed E-state index contributed by atoms with van der Waals surface area (Å²) in [5.41, 5.74) is 4.43. The van der Waals surface area contributed by atoms with Crippen LogP contribution in [0.15, 0.2) is 103 Å². The van der Waals surface area contributed by atoms with Crippen molar-refractivity contribution < 1.29 is 14.4 Å². The molecule has 0 bridgehead atoms. The molecule has 1 N–H and O–H groups in total. The Hall–Kier alpha value is -5.62. The second-order valence-corrected chi connectivity index (χ2v) is 11.5. The molecular formula is C34H33N9O3. The monoisotopic (exact) mass is 615 g/mol. The standard InChI is InChI=1S/C34H33N9O3/c44-32-24-42-31(22-39(32)19-27-13-7-15-30-29(27)14-8-16-35-30)43(34(46)36-17-25-9-3-1-4-10-25)41(23-33(42)45)21-28-20-40(38-37-28)18-26-11-5-2-6-12-26/h1-16,20,31H,17-19,21-24H2,(H,36,46). The van der Waals surface area contributed by atoms with Crippen LogP contribution < -0.4 is 5.32 Å². The Morgan fingerprint density at radius 2 is 1.59 bits per heavy atom. The zero-order valence-corrected chi connectivity index (χ0v) is 25.1. The van der Waals surface area contributed by atoms with Gasteiger partial charge in [-0.15, -0.1) is 5.10 Å². The lowest BCUT2D eigenvalue weighted by atomic mass is 10.1. The van der Waals surface area contributed by atoms with E-state index >= 15 is 0 Å². The van der Waals surface area contributed by atoms with Gasteiger partial charge in [-0.25, -0.2) is 14.5 Å². The normalized spacial score (nSPS) is 17.0. The Labute approximate surface area is 265 Å². The number of aromatic nitrogens is 4. The summed E-state index contributed by atoms with van der Waals surface area (Å²) in [5.74, 6) is -0.399. The number of urea groups is 1. The van der Waals surface area contributed by atoms with Crippen LogP contribution in [0.2, 0.25) is 0 Å². The predicted octanol–water partition coefficient (Wildman–Crippen LogP) is 3.01. The summed E-state index contributed by atoms with van der Waals surface area (Å²) in [5, 5.41) is 15.9. The number of benzene rings is 3. The third-order valence-corrected chi connectivity index (χ3v) is 8.34. The largest absolute Gasteiger partial charge is 0.334 e. The lowest BCUT2D eigenvalue weighted by Crippen LogP contribution is -2.73. The highest BCUT2D eigenvalue weighted by molar-refractivity contribution is 5.89. The molecule has 2 aromatic heterocycles. The molecular weight excluding hydrogens is 582 g/mol. The molecule has 12 nitrogen and oxygen atoms in total. The third-order valence-electron chi connectivity index (χ3n) is 8.34. The fourth-order valence-corrected chi connectivity index (χ4v) is 6.08. The molecule has 4 heterocycles. The molecule has 1 unspecified atom stereocenters. The molecule has 12 heteroatoms. The van der Waals surface area contributed by atoms with Crippen LogP contribution >= 0.6 is 0 Å². The number of piperazine rings is 1. The Morgan fingerprint density at radius 1 is 0.804 bits per heavy atom. The van der Waals surface area contributed by atoms with Gasteiger partial charge in [-0.2, -0.15) is 5.01 Å². The van der Waals surface area contributed by atoms with Gasteiger partial charge < -0.3 is 15.1 Å². The highest BCUT2D eigenvalue weighted by atomic mass is 16.2. The van der Waals surface area contributed by atoms with E-state index < -0.39 is 6.17 Å². The molecule has 5 aromatic rings. The molecule has 1 atom stereocenters. The number of carbonyl (C=O) groups is 3. The minimum absolute atomic E-state index is 0.0803. The molecule has 7 rings (SSSR count). The predicted molar refractivity (Wildman–Crippen MR) is 169 cm³/mol. The van der Waals surface area contributed by atoms with E-state index in [1.807, 2.05) is 97.2 Å². The van der Waals surface area contributed by atoms with Crippen LogP contribution in [0.4, 0.5) is 4.79 Å². The van der Waals surface area contributed by atoms with Gasteiger partial charge in [0.2, 0.25) is 11.8 Å². The maximum absolute atomic E-state index is 14.0. The summed E-state index contributed by atoms with van der Waals surface area (Å²) >= 11 is 0. The number of hydrogen-bond donors (Lipinski definition) is 1. The van der Waals surface area contributed by atoms with E-state index in [1.165, 1.54) is 4.90 Å². The Balaban J connectivity index is 1.15. The van der Waals surface area contributed by atoms with Crippen molar-refractivity contribution in [2.24, 2.45) is 0 Å². The SMILES string of the molecule is O=C1CN2C(=O)CN(Cc3cn(Cc4ccccc4)nn3)N(C(=O)NCc3ccccc3)C2CN1Cc1cccc2ncccc12. The average Bonchev–Trinajstić information content (AvgIpc) is 3.52. The quantitative estimate of drug-likeness (QED) is 0.285. The Morgan fingerprint density at radius 3 is 2.39 bits per heavy atom. The van der Waals surface area contributed by atoms with Crippen molar-refractivity contribution in [3.05, 3.63) is 126 Å². The number of nitrogens with zero attached hydrogens (tertiary/aromatic N) is 8. The van der Waals surface area contributed by atoms with E-state index in [0.717, 1.165) is 27.6 Å². The van der Waals surface area contributed by atoms with Gasteiger partial charge >= 0.3 is 6.03 Å². The molecule has 232 valence electrons. The minimum Gasteiger partial charge on any atom is -0.333 e. The first-order chi connectivity index (χ1) is 22.5. The van der Waals surface area contributed by atoms with Crippen molar-refractivity contribution in [1.82, 2.24) is 45.1 Å². The van der Waals surface area contributed by atoms with Crippen LogP contribution in [0.1, 0.15) is 22.4 Å². The van der Waals surface area contributed by atoms with E-state index in [9.17, 15) is 14.4 Å². The molecule has 0 aliphatic carbocycles. The van der Waals surface area contributed by atoms with Gasteiger partial charge in [-0.3, -0.25) is 14.6 Å². The van der Waals surface area contributed by atoms with Gasteiger partial charge in [0.15, 0.2) is 0 Å². The minimum atomic E-state index is -0.706. The molecule has 2 saturated heterocycles. The second-order valence-electron chi connectivity index (χ2n) is 11.5. The van der Waals surface area contributed by atoms with Crippen molar-refractivity contribution in [1.29, 1.82) is 0 Å². The highest BCUT2D eigenvalue weighted by Gasteiger charge is 2.47. The fraction of sp³-hybridized carbons (Fsp3) is 0.235. The number of hydrazine groups is 1. The number of nitrogens with one attached hydrogen (secondary N) is 1. The summed E-state index contributed by atoms with van der Waals surface area (Å²) in [6.07, 6.45) is 2.86.